The zero-order chi connectivity index (χ0) is 60.2. The van der Waals surface area contributed by atoms with E-state index in [1.54, 1.807) is 6.07 Å². The second-order valence-electron chi connectivity index (χ2n) is 22.7. The van der Waals surface area contributed by atoms with Crippen LogP contribution in [0, 0.1) is 0 Å². The quantitative estimate of drug-likeness (QED) is 0.149. The number of hydrogen-bond donors (Lipinski definition) is 2. The molecule has 16 aromatic rings. The van der Waals surface area contributed by atoms with Crippen molar-refractivity contribution in [3.8, 4) is 112 Å². The number of benzene rings is 14. The van der Waals surface area contributed by atoms with E-state index < -0.39 is 7.12 Å². The lowest BCUT2D eigenvalue weighted by molar-refractivity contribution is 0.426. The van der Waals surface area contributed by atoms with Crippen LogP contribution >= 0.6 is 15.9 Å². The Hall–Kier alpha value is -11.0. The molecule has 0 aliphatic heterocycles. The highest BCUT2D eigenvalue weighted by atomic mass is 79.9. The summed E-state index contributed by atoms with van der Waals surface area (Å²) in [5.74, 6) is 1.91. The van der Waals surface area contributed by atoms with Crippen LogP contribution in [-0.2, 0) is 0 Å². The smallest absolute Gasteiger partial charge is 0.423 e. The molecule has 90 heavy (non-hydrogen) atoms. The van der Waals surface area contributed by atoms with E-state index in [0.29, 0.717) is 5.46 Å². The summed E-state index contributed by atoms with van der Waals surface area (Å²) >= 11 is 3.50. The molecule has 18 rings (SSSR count). The molecule has 6 nitrogen and oxygen atoms in total. The Labute approximate surface area is 529 Å². The van der Waals surface area contributed by atoms with Crippen molar-refractivity contribution in [2.75, 3.05) is 0 Å². The summed E-state index contributed by atoms with van der Waals surface area (Å²) < 4.78 is 5.54. The van der Waals surface area contributed by atoms with Crippen LogP contribution in [0.4, 0.5) is 0 Å². The van der Waals surface area contributed by atoms with Gasteiger partial charge < -0.3 is 10.0 Å². The van der Waals surface area contributed by atoms with Crippen molar-refractivity contribution < 1.29 is 10.0 Å². The molecule has 0 unspecified atom stereocenters. The number of rotatable bonds is 8. The first-order valence-electron chi connectivity index (χ1n) is 30.2. The molecular formula is C82H54BBrN4O2. The molecule has 2 aliphatic rings. The Morgan fingerprint density at radius 2 is 0.644 bits per heavy atom. The van der Waals surface area contributed by atoms with Gasteiger partial charge in [-0.2, -0.15) is 0 Å². The number of para-hydroxylation sites is 4. The van der Waals surface area contributed by atoms with Gasteiger partial charge in [0.05, 0.1) is 22.1 Å². The Kier molecular flexibility index (Phi) is 13.9. The minimum absolute atomic E-state index is 0.504. The second-order valence-corrected chi connectivity index (χ2v) is 23.6. The zero-order valence-corrected chi connectivity index (χ0v) is 50.2. The maximum atomic E-state index is 9.48. The average molecular weight is 1220 g/mol. The van der Waals surface area contributed by atoms with Crippen LogP contribution in [-0.4, -0.2) is 36.3 Å². The van der Waals surface area contributed by atoms with Crippen molar-refractivity contribution in [3.05, 3.63) is 320 Å². The lowest BCUT2D eigenvalue weighted by Crippen LogP contribution is -2.29. The molecule has 2 aromatic heterocycles. The molecule has 0 amide bonds. The van der Waals surface area contributed by atoms with Crippen molar-refractivity contribution in [2.45, 2.75) is 0 Å². The van der Waals surface area contributed by atoms with E-state index in [4.69, 9.17) is 9.97 Å². The van der Waals surface area contributed by atoms with Gasteiger partial charge in [0, 0.05) is 27.0 Å². The monoisotopic (exact) mass is 1220 g/mol. The molecule has 0 saturated carbocycles. The van der Waals surface area contributed by atoms with Crippen LogP contribution < -0.4 is 5.46 Å². The molecule has 8 heteroatoms. The largest absolute Gasteiger partial charge is 0.488 e. The summed E-state index contributed by atoms with van der Waals surface area (Å²) in [6.45, 7) is 0. The van der Waals surface area contributed by atoms with Gasteiger partial charge in [-0.05, 0) is 172 Å². The number of nitrogens with zero attached hydrogens (tertiary/aromatic N) is 4. The molecule has 0 saturated heterocycles. The van der Waals surface area contributed by atoms with Gasteiger partial charge in [0.2, 0.25) is 0 Å². The third-order valence-corrected chi connectivity index (χ3v) is 18.0. The van der Waals surface area contributed by atoms with Crippen molar-refractivity contribution >= 4 is 72.1 Å². The number of halogens is 1. The first-order chi connectivity index (χ1) is 44.4. The lowest BCUT2D eigenvalue weighted by Gasteiger charge is -2.13. The zero-order valence-electron chi connectivity index (χ0n) is 48.7. The highest BCUT2D eigenvalue weighted by molar-refractivity contribution is 9.10. The molecule has 0 spiro atoms. The van der Waals surface area contributed by atoms with Crippen LogP contribution in [0.3, 0.4) is 0 Å². The van der Waals surface area contributed by atoms with Crippen molar-refractivity contribution in [1.82, 2.24) is 19.1 Å². The topological polar surface area (TPSA) is 76.1 Å². The first-order valence-corrected chi connectivity index (χ1v) is 31.0. The van der Waals surface area contributed by atoms with Gasteiger partial charge >= 0.3 is 7.12 Å². The summed E-state index contributed by atoms with van der Waals surface area (Å²) in [5, 5.41) is 24.1. The fraction of sp³-hybridized carbons (Fsp3) is 0. The summed E-state index contributed by atoms with van der Waals surface area (Å²) in [4.78, 5) is 9.84. The Morgan fingerprint density at radius 1 is 0.278 bits per heavy atom. The maximum Gasteiger partial charge on any atom is 0.488 e. The van der Waals surface area contributed by atoms with Crippen molar-refractivity contribution in [3.63, 3.8) is 0 Å². The van der Waals surface area contributed by atoms with Gasteiger partial charge in [-0.3, -0.25) is 9.13 Å². The van der Waals surface area contributed by atoms with Crippen LogP contribution in [0.5, 0.6) is 0 Å². The summed E-state index contributed by atoms with van der Waals surface area (Å²) in [6.07, 6.45) is 0. The van der Waals surface area contributed by atoms with E-state index >= 15 is 0 Å². The fourth-order valence-corrected chi connectivity index (χ4v) is 13.6. The summed E-state index contributed by atoms with van der Waals surface area (Å²) in [5.41, 5.74) is 26.5. The Morgan fingerprint density at radius 3 is 1.13 bits per heavy atom. The van der Waals surface area contributed by atoms with E-state index in [1.807, 2.05) is 60.7 Å². The molecule has 2 N–H and O–H groups in total. The van der Waals surface area contributed by atoms with Gasteiger partial charge in [0.15, 0.2) is 0 Å². The normalized spacial score (nSPS) is 11.5. The van der Waals surface area contributed by atoms with E-state index in [-0.39, 0.29) is 0 Å². The van der Waals surface area contributed by atoms with Crippen molar-refractivity contribution in [2.24, 2.45) is 0 Å². The molecule has 2 aliphatic carbocycles. The molecule has 14 aromatic carbocycles. The van der Waals surface area contributed by atoms with Gasteiger partial charge in [-0.15, -0.1) is 0 Å². The molecule has 0 fully saturated rings. The standard InChI is InChI=1S/C41H26N2.C22H15BO2.C19H13BrN2/c1-2-10-28(11-3-1)41-42-38-18-6-7-19-39(38)43(41)31-22-20-27(21-23-31)29-12-8-13-30(26-29)32-24-25-37-34-15-5-4-14-33(34)36-17-9-16-35(32)40(36)37;24-23(25)15-6-3-5-14(13-15)16-11-12-21-18-8-2-1-7-17(18)20-10-4-9-19(16)22(20)21;20-15-10-12-16(13-11-15)22-18-9-5-4-8-17(18)21-19(22)14-6-2-1-3-7-14/h1-26H;1-13,24-25H;1-13H. The van der Waals surface area contributed by atoms with Gasteiger partial charge in [-0.25, -0.2) is 9.97 Å². The number of hydrogen-bond acceptors (Lipinski definition) is 4. The number of aromatic nitrogens is 4. The fourth-order valence-electron chi connectivity index (χ4n) is 13.4. The van der Waals surface area contributed by atoms with Crippen LogP contribution in [0.15, 0.2) is 320 Å². The third-order valence-electron chi connectivity index (χ3n) is 17.5. The van der Waals surface area contributed by atoms with Gasteiger partial charge in [0.1, 0.15) is 11.6 Å². The molecule has 424 valence electrons. The Bertz CT molecular complexity index is 5350. The second kappa shape index (κ2) is 22.9. The van der Waals surface area contributed by atoms with Crippen LogP contribution in [0.2, 0.25) is 0 Å². The van der Waals surface area contributed by atoms with Crippen LogP contribution in [0.1, 0.15) is 0 Å². The highest BCUT2D eigenvalue weighted by Crippen LogP contribution is 2.51. The minimum Gasteiger partial charge on any atom is -0.423 e. The molecule has 2 heterocycles. The van der Waals surface area contributed by atoms with E-state index in [9.17, 15) is 10.0 Å². The average Bonchev–Trinajstić information content (AvgIpc) is 1.60. The predicted octanol–water partition coefficient (Wildman–Crippen LogP) is 20.1. The number of fused-ring (bicyclic) bond motifs is 8. The minimum atomic E-state index is -1.46. The highest BCUT2D eigenvalue weighted by Gasteiger charge is 2.25. The Balaban J connectivity index is 0.000000117. The van der Waals surface area contributed by atoms with Crippen LogP contribution in [0.25, 0.3) is 156 Å². The van der Waals surface area contributed by atoms with E-state index in [2.05, 4.69) is 274 Å². The molecule has 0 radical (unpaired) electrons. The van der Waals surface area contributed by atoms with E-state index in [0.717, 1.165) is 71.8 Å². The van der Waals surface area contributed by atoms with E-state index in [1.165, 1.54) is 88.3 Å². The SMILES string of the molecule is Brc1ccc(-n2c(-c3ccccc3)nc3ccccc32)cc1.OB(O)c1cccc(-c2ccc3c4c(cccc24)-c2ccccc2-3)c1.c1ccc(-c2nc3ccccc3n2-c2ccc(-c3cccc(-c4ccc5c6c(cccc46)-c4ccccc4-5)c3)cc2)cc1. The molecule has 0 bridgehead atoms. The predicted molar refractivity (Wildman–Crippen MR) is 377 cm³/mol. The van der Waals surface area contributed by atoms with Gasteiger partial charge in [-0.1, -0.05) is 265 Å². The summed E-state index contributed by atoms with van der Waals surface area (Å²) in [6, 6.07) is 110. The summed E-state index contributed by atoms with van der Waals surface area (Å²) in [7, 11) is -1.46. The van der Waals surface area contributed by atoms with Crippen molar-refractivity contribution in [1.29, 1.82) is 0 Å². The third kappa shape index (κ3) is 9.62. The maximum absolute atomic E-state index is 9.48. The molecular weight excluding hydrogens is 1160 g/mol. The first kappa shape index (κ1) is 54.4. The van der Waals surface area contributed by atoms with Gasteiger partial charge in [0.25, 0.3) is 0 Å². The molecule has 0 atom stereocenters. The lowest BCUT2D eigenvalue weighted by atomic mass is 9.79. The number of imidazole rings is 2.